The number of β-amino-alcohol motifs (C(OH)–C–C–N with tert-alkyl or cyclic N) is 1. The molecule has 0 amide bonds. The number of methoxy groups -OCH3 is 1. The van der Waals surface area contributed by atoms with E-state index in [0.29, 0.717) is 24.0 Å². The molecule has 8 heteroatoms. The summed E-state index contributed by atoms with van der Waals surface area (Å²) in [4.78, 5) is 15.4. The van der Waals surface area contributed by atoms with Crippen molar-refractivity contribution in [1.29, 1.82) is 0 Å². The fourth-order valence-corrected chi connectivity index (χ4v) is 4.34. The lowest BCUT2D eigenvalue weighted by Gasteiger charge is -2.33. The van der Waals surface area contributed by atoms with Crippen molar-refractivity contribution in [2.24, 2.45) is 0 Å². The zero-order chi connectivity index (χ0) is 20.8. The number of rotatable bonds is 8. The highest BCUT2D eigenvalue weighted by Gasteiger charge is 2.22. The number of aromatic nitrogens is 3. The molecule has 0 bridgehead atoms. The van der Waals surface area contributed by atoms with Crippen LogP contribution in [0.1, 0.15) is 29.5 Å². The first-order valence-corrected chi connectivity index (χ1v) is 11.1. The minimum atomic E-state index is -0.610. The van der Waals surface area contributed by atoms with E-state index in [1.54, 1.807) is 30.7 Å². The van der Waals surface area contributed by atoms with Crippen molar-refractivity contribution in [2.75, 3.05) is 33.3 Å². The summed E-state index contributed by atoms with van der Waals surface area (Å²) in [6.07, 6.45) is 9.27. The van der Waals surface area contributed by atoms with Crippen LogP contribution in [-0.2, 0) is 0 Å². The van der Waals surface area contributed by atoms with Crippen LogP contribution in [0, 0.1) is 0 Å². The Morgan fingerprint density at radius 2 is 2.13 bits per heavy atom. The summed E-state index contributed by atoms with van der Waals surface area (Å²) < 4.78 is 5.23. The summed E-state index contributed by atoms with van der Waals surface area (Å²) in [6, 6.07) is 6.02. The van der Waals surface area contributed by atoms with Gasteiger partial charge in [0.2, 0.25) is 5.88 Å². The van der Waals surface area contributed by atoms with Gasteiger partial charge in [0.1, 0.15) is 5.01 Å². The number of aliphatic hydroxyl groups is 1. The highest BCUT2D eigenvalue weighted by Crippen LogP contribution is 2.25. The van der Waals surface area contributed by atoms with E-state index in [4.69, 9.17) is 4.74 Å². The first kappa shape index (κ1) is 20.9. The third kappa shape index (κ3) is 5.20. The summed E-state index contributed by atoms with van der Waals surface area (Å²) in [6.45, 7) is 3.37. The lowest BCUT2D eigenvalue weighted by atomic mass is 10.0. The third-order valence-electron chi connectivity index (χ3n) is 5.41. The van der Waals surface area contributed by atoms with Crippen molar-refractivity contribution in [1.82, 2.24) is 25.2 Å². The molecule has 1 unspecified atom stereocenters. The molecule has 2 N–H and O–H groups in total. The number of nitrogens with zero attached hydrogens (tertiary/aromatic N) is 4. The van der Waals surface area contributed by atoms with E-state index in [-0.39, 0.29) is 0 Å². The summed E-state index contributed by atoms with van der Waals surface area (Å²) >= 11 is 1.64. The van der Waals surface area contributed by atoms with Crippen molar-refractivity contribution in [3.8, 4) is 5.88 Å². The molecule has 158 valence electrons. The van der Waals surface area contributed by atoms with Crippen LogP contribution in [0.15, 0.2) is 42.0 Å². The molecular formula is C22H27N5O2S. The Labute approximate surface area is 180 Å². The van der Waals surface area contributed by atoms with Crippen LogP contribution in [0.2, 0.25) is 0 Å². The number of hydrogen-bond acceptors (Lipinski definition) is 8. The van der Waals surface area contributed by atoms with Crippen LogP contribution in [0.3, 0.4) is 0 Å². The van der Waals surface area contributed by atoms with E-state index in [1.807, 2.05) is 23.7 Å². The Bertz CT molecular complexity index is 971. The Morgan fingerprint density at radius 3 is 2.90 bits per heavy atom. The molecule has 1 saturated heterocycles. The third-order valence-corrected chi connectivity index (χ3v) is 6.15. The Morgan fingerprint density at radius 1 is 1.27 bits per heavy atom. The molecule has 0 radical (unpaired) electrons. The van der Waals surface area contributed by atoms with Crippen molar-refractivity contribution in [3.63, 3.8) is 0 Å². The predicted molar refractivity (Wildman–Crippen MR) is 120 cm³/mol. The molecule has 3 aromatic heterocycles. The average Bonchev–Trinajstić information content (AvgIpc) is 3.30. The monoisotopic (exact) mass is 425 g/mol. The highest BCUT2D eigenvalue weighted by molar-refractivity contribution is 7.10. The summed E-state index contributed by atoms with van der Waals surface area (Å²) in [7, 11) is 1.59. The van der Waals surface area contributed by atoms with Gasteiger partial charge in [0.25, 0.3) is 0 Å². The second-order valence-electron chi connectivity index (χ2n) is 7.39. The molecule has 4 heterocycles. The van der Waals surface area contributed by atoms with Gasteiger partial charge in [-0.2, -0.15) is 0 Å². The quantitative estimate of drug-likeness (QED) is 0.574. The number of likely N-dealkylation sites (tertiary alicyclic amines) is 1. The average molecular weight is 426 g/mol. The number of pyridine rings is 2. The number of ether oxygens (including phenoxy) is 1. The van der Waals surface area contributed by atoms with E-state index in [2.05, 4.69) is 37.3 Å². The normalized spacial score (nSPS) is 17.0. The zero-order valence-corrected chi connectivity index (χ0v) is 17.9. The minimum absolute atomic E-state index is 0.507. The Hall–Kier alpha value is -2.39. The van der Waals surface area contributed by atoms with Crippen LogP contribution in [0.25, 0.3) is 17.1 Å². The maximum absolute atomic E-state index is 10.9. The molecule has 0 saturated carbocycles. The molecule has 30 heavy (non-hydrogen) atoms. The van der Waals surface area contributed by atoms with Gasteiger partial charge in [0.05, 0.1) is 24.2 Å². The number of thiazole rings is 1. The van der Waals surface area contributed by atoms with Crippen molar-refractivity contribution in [2.45, 2.75) is 25.0 Å². The molecule has 1 fully saturated rings. The number of aliphatic hydroxyl groups excluding tert-OH is 1. The van der Waals surface area contributed by atoms with Crippen LogP contribution in [0.5, 0.6) is 5.88 Å². The molecule has 7 nitrogen and oxygen atoms in total. The van der Waals surface area contributed by atoms with Crippen molar-refractivity contribution >= 4 is 28.4 Å². The van der Waals surface area contributed by atoms with Gasteiger partial charge in [0, 0.05) is 48.5 Å². The number of piperidine rings is 1. The van der Waals surface area contributed by atoms with Gasteiger partial charge < -0.3 is 20.1 Å². The minimum Gasteiger partial charge on any atom is -0.481 e. The molecular weight excluding hydrogens is 398 g/mol. The molecule has 0 aromatic carbocycles. The van der Waals surface area contributed by atoms with E-state index >= 15 is 0 Å². The van der Waals surface area contributed by atoms with Gasteiger partial charge >= 0.3 is 0 Å². The van der Waals surface area contributed by atoms with E-state index in [0.717, 1.165) is 48.6 Å². The van der Waals surface area contributed by atoms with Crippen LogP contribution < -0.4 is 10.1 Å². The second-order valence-corrected chi connectivity index (χ2v) is 8.32. The lowest BCUT2D eigenvalue weighted by Crippen LogP contribution is -2.43. The number of fused-ring (bicyclic) bond motifs is 1. The molecule has 3 aromatic rings. The maximum atomic E-state index is 10.9. The first-order chi connectivity index (χ1) is 14.7. The molecule has 1 aliphatic heterocycles. The summed E-state index contributed by atoms with van der Waals surface area (Å²) in [5.74, 6) is 0.528. The highest BCUT2D eigenvalue weighted by atomic mass is 32.1. The summed E-state index contributed by atoms with van der Waals surface area (Å²) in [5, 5.41) is 17.5. The van der Waals surface area contributed by atoms with E-state index in [1.165, 1.54) is 0 Å². The smallest absolute Gasteiger partial charge is 0.213 e. The van der Waals surface area contributed by atoms with Gasteiger partial charge in [-0.3, -0.25) is 4.98 Å². The predicted octanol–water partition coefficient (Wildman–Crippen LogP) is 2.90. The Kier molecular flexibility index (Phi) is 7.01. The van der Waals surface area contributed by atoms with Crippen molar-refractivity contribution in [3.05, 3.63) is 52.6 Å². The number of nitrogens with one attached hydrogen (secondary N) is 1. The topological polar surface area (TPSA) is 83.4 Å². The van der Waals surface area contributed by atoms with Gasteiger partial charge in [-0.15, -0.1) is 11.3 Å². The standard InChI is InChI=1S/C22H27N5O2S/c1-29-20-5-4-18-22(26-20)17(6-10-24-18)19(28)15-27-12-7-16(8-13-27)23-9-2-3-21-25-11-14-30-21/h2-6,10-11,14,16,19,23,28H,7-9,12-13,15H2,1H3/b3-2+. The van der Waals surface area contributed by atoms with Gasteiger partial charge in [0.15, 0.2) is 0 Å². The molecule has 4 rings (SSSR count). The van der Waals surface area contributed by atoms with Crippen molar-refractivity contribution < 1.29 is 9.84 Å². The largest absolute Gasteiger partial charge is 0.481 e. The summed E-state index contributed by atoms with van der Waals surface area (Å²) in [5.41, 5.74) is 2.26. The second kappa shape index (κ2) is 10.1. The fraction of sp³-hybridized carbons (Fsp3) is 0.409. The molecule has 0 spiro atoms. The van der Waals surface area contributed by atoms with Crippen LogP contribution in [-0.4, -0.2) is 64.3 Å². The van der Waals surface area contributed by atoms with E-state index < -0.39 is 6.10 Å². The zero-order valence-electron chi connectivity index (χ0n) is 17.1. The molecule has 1 atom stereocenters. The molecule has 0 aliphatic carbocycles. The lowest BCUT2D eigenvalue weighted by molar-refractivity contribution is 0.0953. The van der Waals surface area contributed by atoms with Crippen LogP contribution in [0.4, 0.5) is 0 Å². The maximum Gasteiger partial charge on any atom is 0.213 e. The van der Waals surface area contributed by atoms with Crippen LogP contribution >= 0.6 is 11.3 Å². The van der Waals surface area contributed by atoms with Gasteiger partial charge in [-0.25, -0.2) is 9.97 Å². The number of hydrogen-bond donors (Lipinski definition) is 2. The fourth-order valence-electron chi connectivity index (χ4n) is 3.78. The SMILES string of the molecule is COc1ccc2nccc(C(O)CN3CCC(NC/C=C/c4nccs4)CC3)c2n1. The first-order valence-electron chi connectivity index (χ1n) is 10.2. The Balaban J connectivity index is 1.28. The van der Waals surface area contributed by atoms with E-state index in [9.17, 15) is 5.11 Å². The van der Waals surface area contributed by atoms with Gasteiger partial charge in [-0.1, -0.05) is 6.08 Å². The molecule has 1 aliphatic rings. The van der Waals surface area contributed by atoms with Gasteiger partial charge in [-0.05, 0) is 44.1 Å².